The molecule has 9 nitrogen and oxygen atoms in total. The number of rotatable bonds is 8. The van der Waals surface area contributed by atoms with Crippen LogP contribution < -0.4 is 15.4 Å². The molecule has 0 unspecified atom stereocenters. The summed E-state index contributed by atoms with van der Waals surface area (Å²) in [7, 11) is 0. The Bertz CT molecular complexity index is 1330. The first-order valence-electron chi connectivity index (χ1n) is 12.4. The zero-order valence-electron chi connectivity index (χ0n) is 20.4. The van der Waals surface area contributed by atoms with Crippen molar-refractivity contribution in [2.75, 3.05) is 13.2 Å². The number of ether oxygens (including phenoxy) is 1. The maximum Gasteiger partial charge on any atom is 0.255 e. The first-order valence-corrected chi connectivity index (χ1v) is 12.4. The van der Waals surface area contributed by atoms with Gasteiger partial charge in [0.25, 0.3) is 5.91 Å². The van der Waals surface area contributed by atoms with Crippen LogP contribution in [0.2, 0.25) is 0 Å². The zero-order chi connectivity index (χ0) is 26.1. The Morgan fingerprint density at radius 2 is 2.00 bits per heavy atom. The van der Waals surface area contributed by atoms with E-state index in [-0.39, 0.29) is 12.0 Å². The van der Waals surface area contributed by atoms with Gasteiger partial charge in [0.2, 0.25) is 5.91 Å². The smallest absolute Gasteiger partial charge is 0.255 e. The normalized spacial score (nSPS) is 21.6. The third kappa shape index (κ3) is 5.41. The predicted octanol–water partition coefficient (Wildman–Crippen LogP) is 2.96. The number of aromatic nitrogens is 3. The van der Waals surface area contributed by atoms with E-state index in [0.29, 0.717) is 59.1 Å². The average Bonchev–Trinajstić information content (AvgIpc) is 3.64. The molecule has 2 amide bonds. The molecular formula is C26H29F2N5O4. The van der Waals surface area contributed by atoms with Crippen LogP contribution in [0, 0.1) is 18.7 Å². The van der Waals surface area contributed by atoms with E-state index in [1.54, 1.807) is 13.0 Å². The topological polar surface area (TPSA) is 129 Å². The summed E-state index contributed by atoms with van der Waals surface area (Å²) in [5.41, 5.74) is 2.44. The standard InChI is InChI=1S/C26H29F2N5O4/c1-13-22(26(36)33-19-6-5-16(9-18(19)28)32-21(35)10-34)24-25(31-13)23(29-12-30-24)17-8-15(27)4-7-20(17)37-11-14-2-3-14/h4,7-8,12,14,16,18-19,31,34H,2-3,5-6,9-11H2,1H3,(H,32,35)(H,33,36)/t16-,18-,19-/m1/s1. The molecule has 2 aliphatic rings. The minimum atomic E-state index is -1.36. The van der Waals surface area contributed by atoms with Crippen LogP contribution in [-0.2, 0) is 4.79 Å². The Labute approximate surface area is 212 Å². The number of hydrogen-bond acceptors (Lipinski definition) is 6. The fraction of sp³-hybridized carbons (Fsp3) is 0.462. The van der Waals surface area contributed by atoms with Gasteiger partial charge in [0, 0.05) is 23.7 Å². The first-order chi connectivity index (χ1) is 17.8. The number of fused-ring (bicyclic) bond motifs is 1. The average molecular weight is 514 g/mol. The van der Waals surface area contributed by atoms with E-state index in [0.717, 1.165) is 12.8 Å². The lowest BCUT2D eigenvalue weighted by molar-refractivity contribution is -0.124. The summed E-state index contributed by atoms with van der Waals surface area (Å²) in [4.78, 5) is 36.5. The van der Waals surface area contributed by atoms with E-state index in [1.165, 1.54) is 18.5 Å². The van der Waals surface area contributed by atoms with Crippen molar-refractivity contribution in [2.45, 2.75) is 57.3 Å². The van der Waals surface area contributed by atoms with E-state index in [4.69, 9.17) is 9.84 Å². The van der Waals surface area contributed by atoms with Crippen LogP contribution in [0.25, 0.3) is 22.3 Å². The van der Waals surface area contributed by atoms with Gasteiger partial charge in [-0.15, -0.1) is 0 Å². The molecule has 37 heavy (non-hydrogen) atoms. The van der Waals surface area contributed by atoms with Crippen LogP contribution >= 0.6 is 0 Å². The molecule has 0 spiro atoms. The van der Waals surface area contributed by atoms with Crippen molar-refractivity contribution in [3.63, 3.8) is 0 Å². The quantitative estimate of drug-likeness (QED) is 0.367. The molecule has 5 rings (SSSR count). The number of amides is 2. The van der Waals surface area contributed by atoms with Crippen LogP contribution in [0.3, 0.4) is 0 Å². The lowest BCUT2D eigenvalue weighted by Gasteiger charge is -2.32. The lowest BCUT2D eigenvalue weighted by Crippen LogP contribution is -2.50. The Balaban J connectivity index is 1.39. The van der Waals surface area contributed by atoms with Crippen molar-refractivity contribution in [3.8, 4) is 17.0 Å². The Morgan fingerprint density at radius 1 is 1.19 bits per heavy atom. The molecule has 1 aromatic carbocycles. The molecule has 11 heteroatoms. The Kier molecular flexibility index (Phi) is 7.05. The number of carbonyl (C=O) groups is 2. The fourth-order valence-electron chi connectivity index (χ4n) is 4.83. The number of nitrogens with one attached hydrogen (secondary N) is 3. The highest BCUT2D eigenvalue weighted by molar-refractivity contribution is 6.09. The van der Waals surface area contributed by atoms with E-state index in [2.05, 4.69) is 25.6 Å². The van der Waals surface area contributed by atoms with Gasteiger partial charge in [0.1, 0.15) is 41.9 Å². The number of aliphatic hydroxyl groups is 1. The molecule has 2 heterocycles. The van der Waals surface area contributed by atoms with Gasteiger partial charge in [-0.1, -0.05) is 0 Å². The summed E-state index contributed by atoms with van der Waals surface area (Å²) in [6.45, 7) is 1.60. The number of alkyl halides is 1. The summed E-state index contributed by atoms with van der Waals surface area (Å²) in [5, 5.41) is 14.2. The third-order valence-corrected chi connectivity index (χ3v) is 6.96. The summed E-state index contributed by atoms with van der Waals surface area (Å²) < 4.78 is 35.0. The Morgan fingerprint density at radius 3 is 2.73 bits per heavy atom. The number of aryl methyl sites for hydroxylation is 1. The summed E-state index contributed by atoms with van der Waals surface area (Å²) in [6, 6.07) is 3.13. The molecule has 2 aliphatic carbocycles. The molecule has 2 saturated carbocycles. The van der Waals surface area contributed by atoms with Crippen molar-refractivity contribution in [1.82, 2.24) is 25.6 Å². The second-order valence-corrected chi connectivity index (χ2v) is 9.80. The highest BCUT2D eigenvalue weighted by atomic mass is 19.1. The molecule has 3 atom stereocenters. The van der Waals surface area contributed by atoms with E-state index in [1.807, 2.05) is 0 Å². The summed E-state index contributed by atoms with van der Waals surface area (Å²) >= 11 is 0. The van der Waals surface area contributed by atoms with Crippen LogP contribution in [0.4, 0.5) is 8.78 Å². The number of hydrogen-bond donors (Lipinski definition) is 4. The van der Waals surface area contributed by atoms with Gasteiger partial charge in [-0.25, -0.2) is 18.7 Å². The molecule has 0 aliphatic heterocycles. The monoisotopic (exact) mass is 513 g/mol. The molecular weight excluding hydrogens is 484 g/mol. The molecule has 0 bridgehead atoms. The van der Waals surface area contributed by atoms with Gasteiger partial charge in [0.05, 0.1) is 23.7 Å². The number of H-pyrrole nitrogens is 1. The van der Waals surface area contributed by atoms with Crippen molar-refractivity contribution in [2.24, 2.45) is 5.92 Å². The van der Waals surface area contributed by atoms with Crippen LogP contribution in [0.5, 0.6) is 5.75 Å². The van der Waals surface area contributed by atoms with Gasteiger partial charge in [0.15, 0.2) is 0 Å². The molecule has 2 fully saturated rings. The Hall–Kier alpha value is -3.60. The SMILES string of the molecule is Cc1[nH]c2c(-c3cc(F)ccc3OCC3CC3)ncnc2c1C(=O)N[C@@H]1CC[C@@H](NC(=O)CO)C[C@H]1F. The highest BCUT2D eigenvalue weighted by Gasteiger charge is 2.33. The molecule has 4 N–H and O–H groups in total. The van der Waals surface area contributed by atoms with Gasteiger partial charge in [-0.3, -0.25) is 9.59 Å². The third-order valence-electron chi connectivity index (χ3n) is 6.96. The number of benzene rings is 1. The fourth-order valence-corrected chi connectivity index (χ4v) is 4.83. The number of carbonyl (C=O) groups excluding carboxylic acids is 2. The van der Waals surface area contributed by atoms with E-state index in [9.17, 15) is 18.4 Å². The largest absolute Gasteiger partial charge is 0.493 e. The minimum absolute atomic E-state index is 0.0408. The zero-order valence-corrected chi connectivity index (χ0v) is 20.4. The second kappa shape index (κ2) is 10.4. The highest BCUT2D eigenvalue weighted by Crippen LogP contribution is 2.37. The van der Waals surface area contributed by atoms with Gasteiger partial charge in [-0.05, 0) is 56.7 Å². The van der Waals surface area contributed by atoms with Crippen molar-refractivity contribution < 1.29 is 28.2 Å². The number of aromatic amines is 1. The first kappa shape index (κ1) is 25.1. The van der Waals surface area contributed by atoms with Gasteiger partial charge in [-0.2, -0.15) is 0 Å². The maximum absolute atomic E-state index is 14.9. The minimum Gasteiger partial charge on any atom is -0.493 e. The van der Waals surface area contributed by atoms with Gasteiger partial charge >= 0.3 is 0 Å². The molecule has 196 valence electrons. The summed E-state index contributed by atoms with van der Waals surface area (Å²) in [6.07, 6.45) is 3.01. The molecule has 0 saturated heterocycles. The van der Waals surface area contributed by atoms with E-state index < -0.39 is 42.5 Å². The van der Waals surface area contributed by atoms with Gasteiger partial charge < -0.3 is 25.5 Å². The number of halogens is 2. The molecule has 2 aromatic heterocycles. The van der Waals surface area contributed by atoms with E-state index >= 15 is 0 Å². The number of nitrogens with zero attached hydrogens (tertiary/aromatic N) is 2. The maximum atomic E-state index is 14.9. The van der Waals surface area contributed by atoms with Crippen LogP contribution in [0.1, 0.15) is 48.2 Å². The van der Waals surface area contributed by atoms with Crippen molar-refractivity contribution >= 4 is 22.8 Å². The summed E-state index contributed by atoms with van der Waals surface area (Å²) in [5.74, 6) is -0.475. The van der Waals surface area contributed by atoms with Crippen molar-refractivity contribution in [3.05, 3.63) is 41.6 Å². The van der Waals surface area contributed by atoms with Crippen LogP contribution in [-0.4, -0.2) is 63.3 Å². The van der Waals surface area contributed by atoms with Crippen molar-refractivity contribution in [1.29, 1.82) is 0 Å². The number of aliphatic hydroxyl groups excluding tert-OH is 1. The predicted molar refractivity (Wildman–Crippen MR) is 131 cm³/mol. The molecule has 0 radical (unpaired) electrons. The second-order valence-electron chi connectivity index (χ2n) is 9.80. The molecule has 3 aromatic rings. The lowest BCUT2D eigenvalue weighted by atomic mass is 9.89. The van der Waals surface area contributed by atoms with Crippen LogP contribution in [0.15, 0.2) is 24.5 Å².